The molecular formula is C59H113NO13. The molecule has 2 aliphatic rings. The maximum atomic E-state index is 13.3. The van der Waals surface area contributed by atoms with Crippen LogP contribution in [0.3, 0.4) is 0 Å². The molecule has 2 rings (SSSR count). The van der Waals surface area contributed by atoms with E-state index in [0.29, 0.717) is 6.42 Å². The Labute approximate surface area is 444 Å². The first-order valence-corrected chi connectivity index (χ1v) is 30.4. The molecular weight excluding hydrogens is 931 g/mol. The summed E-state index contributed by atoms with van der Waals surface area (Å²) in [4.78, 5) is 13.3. The molecule has 432 valence electrons. The minimum atomic E-state index is -1.79. The maximum absolute atomic E-state index is 13.3. The highest BCUT2D eigenvalue weighted by Gasteiger charge is 2.51. The molecule has 2 fully saturated rings. The van der Waals surface area contributed by atoms with Crippen LogP contribution in [0.1, 0.15) is 264 Å². The van der Waals surface area contributed by atoms with Gasteiger partial charge in [-0.2, -0.15) is 0 Å². The number of rotatable bonds is 49. The fourth-order valence-electron chi connectivity index (χ4n) is 10.3. The number of amides is 1. The van der Waals surface area contributed by atoms with Gasteiger partial charge in [-0.25, -0.2) is 0 Å². The first kappa shape index (κ1) is 67.8. The second-order valence-corrected chi connectivity index (χ2v) is 21.8. The van der Waals surface area contributed by atoms with Crippen molar-refractivity contribution in [3.05, 3.63) is 12.2 Å². The number of aliphatic hydroxyl groups excluding tert-OH is 8. The third-order valence-corrected chi connectivity index (χ3v) is 15.2. The monoisotopic (exact) mass is 1040 g/mol. The van der Waals surface area contributed by atoms with Crippen molar-refractivity contribution in [3.8, 4) is 0 Å². The summed E-state index contributed by atoms with van der Waals surface area (Å²) in [6.07, 6.45) is 35.4. The number of nitrogens with one attached hydrogen (secondary N) is 1. The second kappa shape index (κ2) is 45.7. The Kier molecular flexibility index (Phi) is 42.5. The molecule has 14 heteroatoms. The van der Waals surface area contributed by atoms with Crippen LogP contribution in [0.15, 0.2) is 12.2 Å². The lowest BCUT2D eigenvalue weighted by molar-refractivity contribution is -0.359. The Morgan fingerprint density at radius 2 is 0.849 bits per heavy atom. The average Bonchev–Trinajstić information content (AvgIpc) is 3.39. The van der Waals surface area contributed by atoms with Crippen LogP contribution in [0, 0.1) is 0 Å². The van der Waals surface area contributed by atoms with E-state index in [2.05, 4.69) is 19.2 Å². The van der Waals surface area contributed by atoms with Gasteiger partial charge in [-0.05, 0) is 19.3 Å². The lowest BCUT2D eigenvalue weighted by atomic mass is 9.97. The predicted octanol–water partition coefficient (Wildman–Crippen LogP) is 10.3. The van der Waals surface area contributed by atoms with E-state index in [1.165, 1.54) is 199 Å². The molecule has 0 aromatic rings. The summed E-state index contributed by atoms with van der Waals surface area (Å²) < 4.78 is 22.8. The highest BCUT2D eigenvalue weighted by Crippen LogP contribution is 2.30. The van der Waals surface area contributed by atoms with Crippen LogP contribution in [0.25, 0.3) is 0 Å². The topological polar surface area (TPSA) is 228 Å². The predicted molar refractivity (Wildman–Crippen MR) is 291 cm³/mol. The molecule has 1 amide bonds. The summed E-state index contributed by atoms with van der Waals surface area (Å²) in [6.45, 7) is 2.83. The molecule has 12 atom stereocenters. The van der Waals surface area contributed by atoms with Crippen molar-refractivity contribution in [2.75, 3.05) is 19.8 Å². The zero-order valence-electron chi connectivity index (χ0n) is 46.4. The molecule has 0 saturated carbocycles. The number of hydrogen-bond acceptors (Lipinski definition) is 13. The van der Waals surface area contributed by atoms with Crippen LogP contribution in [-0.4, -0.2) is 140 Å². The first-order chi connectivity index (χ1) is 35.6. The van der Waals surface area contributed by atoms with Crippen LogP contribution in [0.5, 0.6) is 0 Å². The Morgan fingerprint density at radius 1 is 0.479 bits per heavy atom. The van der Waals surface area contributed by atoms with E-state index in [-0.39, 0.29) is 18.9 Å². The van der Waals surface area contributed by atoms with Crippen molar-refractivity contribution in [1.82, 2.24) is 5.32 Å². The lowest BCUT2D eigenvalue weighted by Gasteiger charge is -2.46. The second-order valence-electron chi connectivity index (χ2n) is 21.8. The number of carbonyl (C=O) groups excluding carboxylic acids is 1. The van der Waals surface area contributed by atoms with Gasteiger partial charge in [0.05, 0.1) is 32.0 Å². The summed E-state index contributed by atoms with van der Waals surface area (Å²) in [7, 11) is 0. The highest BCUT2D eigenvalue weighted by molar-refractivity contribution is 5.76. The van der Waals surface area contributed by atoms with Gasteiger partial charge >= 0.3 is 0 Å². The SMILES string of the molecule is CCCCCCCCCCCCCCC/C=C/C(O)C(COC1OC(CO)C(OC2OC(CO)C(O)C(O)C2O)C(O)C1O)NC(=O)CCCCCCCCCCCCCCCCCCCCCCCCCC. The van der Waals surface area contributed by atoms with E-state index in [1.54, 1.807) is 6.08 Å². The summed E-state index contributed by atoms with van der Waals surface area (Å²) >= 11 is 0. The van der Waals surface area contributed by atoms with Crippen molar-refractivity contribution < 1.29 is 64.6 Å². The molecule has 2 heterocycles. The molecule has 73 heavy (non-hydrogen) atoms. The van der Waals surface area contributed by atoms with Crippen LogP contribution >= 0.6 is 0 Å². The molecule has 0 aromatic carbocycles. The fraction of sp³-hybridized carbons (Fsp3) is 0.949. The minimum Gasteiger partial charge on any atom is -0.394 e. The zero-order chi connectivity index (χ0) is 53.2. The Bertz CT molecular complexity index is 1280. The lowest BCUT2D eigenvalue weighted by Crippen LogP contribution is -2.65. The van der Waals surface area contributed by atoms with E-state index in [0.717, 1.165) is 38.5 Å². The van der Waals surface area contributed by atoms with Crippen LogP contribution in [-0.2, 0) is 23.7 Å². The normalized spacial score (nSPS) is 25.4. The molecule has 0 aliphatic carbocycles. The molecule has 2 saturated heterocycles. The first-order valence-electron chi connectivity index (χ1n) is 30.4. The number of aliphatic hydroxyl groups is 8. The Morgan fingerprint density at radius 3 is 1.26 bits per heavy atom. The third-order valence-electron chi connectivity index (χ3n) is 15.2. The molecule has 0 aromatic heterocycles. The molecule has 14 nitrogen and oxygen atoms in total. The molecule has 0 radical (unpaired) electrons. The van der Waals surface area contributed by atoms with Crippen molar-refractivity contribution in [2.24, 2.45) is 0 Å². The average molecular weight is 1040 g/mol. The van der Waals surface area contributed by atoms with Crippen molar-refractivity contribution in [3.63, 3.8) is 0 Å². The smallest absolute Gasteiger partial charge is 0.220 e. The van der Waals surface area contributed by atoms with E-state index in [9.17, 15) is 45.6 Å². The highest BCUT2D eigenvalue weighted by atomic mass is 16.7. The van der Waals surface area contributed by atoms with Gasteiger partial charge < -0.3 is 65.1 Å². The number of hydrogen-bond donors (Lipinski definition) is 9. The van der Waals surface area contributed by atoms with Gasteiger partial charge in [-0.1, -0.05) is 251 Å². The minimum absolute atomic E-state index is 0.234. The molecule has 12 unspecified atom stereocenters. The number of unbranched alkanes of at least 4 members (excludes halogenated alkanes) is 36. The van der Waals surface area contributed by atoms with E-state index < -0.39 is 86.8 Å². The maximum Gasteiger partial charge on any atom is 0.220 e. The van der Waals surface area contributed by atoms with Crippen LogP contribution in [0.4, 0.5) is 0 Å². The Hall–Kier alpha value is -1.27. The van der Waals surface area contributed by atoms with Crippen LogP contribution in [0.2, 0.25) is 0 Å². The van der Waals surface area contributed by atoms with E-state index in [1.807, 2.05) is 6.08 Å². The van der Waals surface area contributed by atoms with E-state index >= 15 is 0 Å². The van der Waals surface area contributed by atoms with Gasteiger partial charge in [0.15, 0.2) is 12.6 Å². The quantitative estimate of drug-likeness (QED) is 0.0204. The molecule has 0 bridgehead atoms. The van der Waals surface area contributed by atoms with Gasteiger partial charge in [-0.15, -0.1) is 0 Å². The fourth-order valence-corrected chi connectivity index (χ4v) is 10.3. The van der Waals surface area contributed by atoms with Gasteiger partial charge in [0, 0.05) is 6.42 Å². The summed E-state index contributed by atoms with van der Waals surface area (Å²) in [5.41, 5.74) is 0. The van der Waals surface area contributed by atoms with Gasteiger partial charge in [-0.3, -0.25) is 4.79 Å². The number of allylic oxidation sites excluding steroid dienone is 1. The van der Waals surface area contributed by atoms with E-state index in [4.69, 9.17) is 18.9 Å². The zero-order valence-corrected chi connectivity index (χ0v) is 46.4. The van der Waals surface area contributed by atoms with Gasteiger partial charge in [0.2, 0.25) is 5.91 Å². The van der Waals surface area contributed by atoms with Gasteiger partial charge in [0.1, 0.15) is 48.8 Å². The van der Waals surface area contributed by atoms with Crippen LogP contribution < -0.4 is 5.32 Å². The standard InChI is InChI=1S/C59H113NO13/c1-3-5-7-9-11-13-15-17-19-20-21-22-23-24-25-26-27-29-31-33-35-37-39-41-43-51(64)60-47(48(63)42-40-38-36-34-32-30-28-18-16-14-12-10-8-6-4-2)46-70-58-56(69)54(67)57(50(45-62)72-58)73-59-55(68)53(66)52(65)49(44-61)71-59/h40,42,47-50,52-59,61-63,65-69H,3-39,41,43-46H2,1-2H3,(H,60,64)/b42-40+. The van der Waals surface area contributed by atoms with Gasteiger partial charge in [0.25, 0.3) is 0 Å². The summed E-state index contributed by atoms with van der Waals surface area (Å²) in [6, 6.07) is -0.909. The molecule has 0 spiro atoms. The molecule has 2 aliphatic heterocycles. The Balaban J connectivity index is 1.73. The molecule has 9 N–H and O–H groups in total. The van der Waals surface area contributed by atoms with Crippen molar-refractivity contribution >= 4 is 5.91 Å². The van der Waals surface area contributed by atoms with Crippen molar-refractivity contribution in [2.45, 2.75) is 338 Å². The third kappa shape index (κ3) is 31.7. The summed E-state index contributed by atoms with van der Waals surface area (Å²) in [5.74, 6) is -0.234. The number of carbonyl (C=O) groups is 1. The number of ether oxygens (including phenoxy) is 4. The largest absolute Gasteiger partial charge is 0.394 e. The van der Waals surface area contributed by atoms with Crippen molar-refractivity contribution in [1.29, 1.82) is 0 Å². The summed E-state index contributed by atoms with van der Waals surface area (Å²) in [5, 5.41) is 87.1.